The minimum Gasteiger partial charge on any atom is -0.435 e. The van der Waals surface area contributed by atoms with Crippen LogP contribution in [0.1, 0.15) is 0 Å². The molecule has 0 fully saturated rings. The molecule has 0 bridgehead atoms. The fourth-order valence-electron chi connectivity index (χ4n) is 1.72. The van der Waals surface area contributed by atoms with Crippen LogP contribution in [0.25, 0.3) is 0 Å². The van der Waals surface area contributed by atoms with Crippen LogP contribution >= 0.6 is 11.6 Å². The molecule has 0 aliphatic heterocycles. The zero-order valence-corrected chi connectivity index (χ0v) is 12.4. The van der Waals surface area contributed by atoms with E-state index in [-0.39, 0.29) is 23.2 Å². The number of halogens is 4. The maximum atomic E-state index is 13.0. The van der Waals surface area contributed by atoms with Gasteiger partial charge in [-0.1, -0.05) is 11.6 Å². The summed E-state index contributed by atoms with van der Waals surface area (Å²) in [4.78, 5) is 11.8. The average molecular weight is 345 g/mol. The molecule has 0 heterocycles. The Kier molecular flexibility index (Phi) is 5.70. The molecule has 122 valence electrons. The minimum absolute atomic E-state index is 0.0240. The molecule has 23 heavy (non-hydrogen) atoms. The van der Waals surface area contributed by atoms with Gasteiger partial charge in [-0.3, -0.25) is 4.79 Å². The Morgan fingerprint density at radius 1 is 1.13 bits per heavy atom. The number of nitrogens with one attached hydrogen (secondary N) is 2. The summed E-state index contributed by atoms with van der Waals surface area (Å²) in [6.07, 6.45) is 0. The summed E-state index contributed by atoms with van der Waals surface area (Å²) in [5, 5.41) is 5.26. The van der Waals surface area contributed by atoms with Gasteiger partial charge in [0.05, 0.1) is 11.6 Å². The zero-order chi connectivity index (χ0) is 16.8. The lowest BCUT2D eigenvalue weighted by molar-refractivity contribution is -0.114. The van der Waals surface area contributed by atoms with Crippen molar-refractivity contribution in [3.05, 3.63) is 53.3 Å². The van der Waals surface area contributed by atoms with Crippen LogP contribution in [0.15, 0.2) is 42.5 Å². The summed E-state index contributed by atoms with van der Waals surface area (Å²) < 4.78 is 41.2. The van der Waals surface area contributed by atoms with Gasteiger partial charge in [0.2, 0.25) is 5.91 Å². The molecule has 8 heteroatoms. The van der Waals surface area contributed by atoms with Gasteiger partial charge < -0.3 is 15.4 Å². The summed E-state index contributed by atoms with van der Waals surface area (Å²) in [6.45, 7) is -2.95. The molecule has 0 atom stereocenters. The highest BCUT2D eigenvalue weighted by atomic mass is 35.5. The molecule has 0 radical (unpaired) electrons. The molecule has 2 N–H and O–H groups in total. The van der Waals surface area contributed by atoms with Crippen LogP contribution in [-0.4, -0.2) is 19.1 Å². The van der Waals surface area contributed by atoms with E-state index < -0.39 is 12.4 Å². The van der Waals surface area contributed by atoms with Gasteiger partial charge >= 0.3 is 6.61 Å². The van der Waals surface area contributed by atoms with Gasteiger partial charge in [0.15, 0.2) is 0 Å². The number of amides is 1. The predicted octanol–water partition coefficient (Wildman–Crippen LogP) is 4.13. The van der Waals surface area contributed by atoms with Gasteiger partial charge in [-0.15, -0.1) is 0 Å². The Labute approximate surface area is 135 Å². The van der Waals surface area contributed by atoms with Gasteiger partial charge in [0.1, 0.15) is 11.6 Å². The highest BCUT2D eigenvalue weighted by Gasteiger charge is 2.06. The number of benzene rings is 2. The van der Waals surface area contributed by atoms with Crippen molar-refractivity contribution >= 4 is 28.9 Å². The molecule has 1 amide bonds. The van der Waals surface area contributed by atoms with E-state index in [1.54, 1.807) is 0 Å². The summed E-state index contributed by atoms with van der Waals surface area (Å²) >= 11 is 5.61. The molecule has 2 aromatic carbocycles. The van der Waals surface area contributed by atoms with Gasteiger partial charge in [0.25, 0.3) is 0 Å². The first-order valence-electron chi connectivity index (χ1n) is 6.47. The van der Waals surface area contributed by atoms with Crippen molar-refractivity contribution in [3.8, 4) is 5.75 Å². The maximum Gasteiger partial charge on any atom is 0.387 e. The van der Waals surface area contributed by atoms with Crippen molar-refractivity contribution in [2.45, 2.75) is 6.61 Å². The molecule has 0 aromatic heterocycles. The number of carbonyl (C=O) groups excluding carboxylic acids is 1. The topological polar surface area (TPSA) is 50.4 Å². The smallest absolute Gasteiger partial charge is 0.387 e. The first kappa shape index (κ1) is 17.0. The lowest BCUT2D eigenvalue weighted by Gasteiger charge is -2.09. The third kappa shape index (κ3) is 5.37. The predicted molar refractivity (Wildman–Crippen MR) is 81.6 cm³/mol. The van der Waals surface area contributed by atoms with Crippen molar-refractivity contribution in [1.82, 2.24) is 0 Å². The van der Waals surface area contributed by atoms with Crippen molar-refractivity contribution in [1.29, 1.82) is 0 Å². The first-order chi connectivity index (χ1) is 10.9. The fourth-order valence-corrected chi connectivity index (χ4v) is 1.90. The molecule has 4 nitrogen and oxygen atoms in total. The van der Waals surface area contributed by atoms with Crippen LogP contribution in [0.2, 0.25) is 5.02 Å². The van der Waals surface area contributed by atoms with Crippen LogP contribution in [0.4, 0.5) is 24.5 Å². The molecule has 0 spiro atoms. The van der Waals surface area contributed by atoms with Gasteiger partial charge in [-0.25, -0.2) is 4.39 Å². The zero-order valence-electron chi connectivity index (χ0n) is 11.7. The third-order valence-corrected chi connectivity index (χ3v) is 3.03. The summed E-state index contributed by atoms with van der Waals surface area (Å²) in [5.74, 6) is -0.926. The standard InChI is InChI=1S/C15H12ClF3N2O2/c16-12-7-10(3-6-13(12)17)21-14(22)8-20-9-1-4-11(5-2-9)23-15(18)19/h1-7,15,20H,8H2,(H,21,22). The lowest BCUT2D eigenvalue weighted by atomic mass is 10.3. The van der Waals surface area contributed by atoms with E-state index in [2.05, 4.69) is 15.4 Å². The van der Waals surface area contributed by atoms with E-state index in [0.717, 1.165) is 6.07 Å². The number of anilines is 2. The Morgan fingerprint density at radius 3 is 2.39 bits per heavy atom. The number of alkyl halides is 2. The van der Waals surface area contributed by atoms with E-state index in [1.165, 1.54) is 36.4 Å². The van der Waals surface area contributed by atoms with E-state index >= 15 is 0 Å². The summed E-state index contributed by atoms with van der Waals surface area (Å²) in [5.41, 5.74) is 0.919. The Hall–Kier alpha value is -2.41. The quantitative estimate of drug-likeness (QED) is 0.828. The molecular weight excluding hydrogens is 333 g/mol. The lowest BCUT2D eigenvalue weighted by Crippen LogP contribution is -2.21. The van der Waals surface area contributed by atoms with E-state index in [9.17, 15) is 18.0 Å². The molecule has 2 rings (SSSR count). The third-order valence-electron chi connectivity index (χ3n) is 2.74. The minimum atomic E-state index is -2.89. The first-order valence-corrected chi connectivity index (χ1v) is 6.85. The largest absolute Gasteiger partial charge is 0.435 e. The molecule has 0 aliphatic carbocycles. The fraction of sp³-hybridized carbons (Fsp3) is 0.133. The summed E-state index contributed by atoms with van der Waals surface area (Å²) in [6, 6.07) is 9.53. The molecule has 0 unspecified atom stereocenters. The van der Waals surface area contributed by atoms with E-state index in [0.29, 0.717) is 11.4 Å². The molecule has 2 aromatic rings. The average Bonchev–Trinajstić information content (AvgIpc) is 2.50. The van der Waals surface area contributed by atoms with E-state index in [4.69, 9.17) is 11.6 Å². The van der Waals surface area contributed by atoms with Gasteiger partial charge in [0, 0.05) is 11.4 Å². The molecule has 0 saturated carbocycles. The monoisotopic (exact) mass is 344 g/mol. The Morgan fingerprint density at radius 2 is 1.78 bits per heavy atom. The second-order valence-electron chi connectivity index (χ2n) is 4.43. The van der Waals surface area contributed by atoms with Gasteiger partial charge in [-0.05, 0) is 42.5 Å². The second kappa shape index (κ2) is 7.73. The number of hydrogen-bond donors (Lipinski definition) is 2. The molecular formula is C15H12ClF3N2O2. The molecule has 0 saturated heterocycles. The van der Waals surface area contributed by atoms with Crippen molar-refractivity contribution in [3.63, 3.8) is 0 Å². The SMILES string of the molecule is O=C(CNc1ccc(OC(F)F)cc1)Nc1ccc(F)c(Cl)c1. The van der Waals surface area contributed by atoms with Crippen LogP contribution < -0.4 is 15.4 Å². The van der Waals surface area contributed by atoms with Crippen molar-refractivity contribution in [2.24, 2.45) is 0 Å². The number of carbonyl (C=O) groups is 1. The normalized spacial score (nSPS) is 10.5. The van der Waals surface area contributed by atoms with Gasteiger partial charge in [-0.2, -0.15) is 8.78 Å². The highest BCUT2D eigenvalue weighted by Crippen LogP contribution is 2.20. The van der Waals surface area contributed by atoms with E-state index in [1.807, 2.05) is 0 Å². The van der Waals surface area contributed by atoms with Crippen LogP contribution in [0, 0.1) is 5.82 Å². The maximum absolute atomic E-state index is 13.0. The van der Waals surface area contributed by atoms with Crippen LogP contribution in [-0.2, 0) is 4.79 Å². The second-order valence-corrected chi connectivity index (χ2v) is 4.84. The highest BCUT2D eigenvalue weighted by molar-refractivity contribution is 6.31. The number of ether oxygens (including phenoxy) is 1. The Balaban J connectivity index is 1.85. The Bertz CT molecular complexity index is 681. The molecule has 0 aliphatic rings. The summed E-state index contributed by atoms with van der Waals surface area (Å²) in [7, 11) is 0. The number of rotatable bonds is 6. The number of hydrogen-bond acceptors (Lipinski definition) is 3. The van der Waals surface area contributed by atoms with Crippen LogP contribution in [0.5, 0.6) is 5.75 Å². The van der Waals surface area contributed by atoms with Crippen molar-refractivity contribution < 1.29 is 22.7 Å². The van der Waals surface area contributed by atoms with Crippen LogP contribution in [0.3, 0.4) is 0 Å². The van der Waals surface area contributed by atoms with Crippen molar-refractivity contribution in [2.75, 3.05) is 17.2 Å².